The topological polar surface area (TPSA) is 49.1 Å². The van der Waals surface area contributed by atoms with Crippen molar-refractivity contribution in [3.63, 3.8) is 0 Å². The zero-order valence-electron chi connectivity index (χ0n) is 21.2. The van der Waals surface area contributed by atoms with Gasteiger partial charge in [-0.3, -0.25) is 9.98 Å². The van der Waals surface area contributed by atoms with Crippen molar-refractivity contribution in [3.8, 4) is 0 Å². The minimum atomic E-state index is 0.377. The van der Waals surface area contributed by atoms with E-state index in [0.717, 1.165) is 55.2 Å². The van der Waals surface area contributed by atoms with Gasteiger partial charge in [0.05, 0.1) is 18.0 Å². The third kappa shape index (κ3) is 5.72. The van der Waals surface area contributed by atoms with Crippen LogP contribution in [0.25, 0.3) is 0 Å². The van der Waals surface area contributed by atoms with Crippen molar-refractivity contribution in [1.29, 1.82) is 0 Å². The van der Waals surface area contributed by atoms with Crippen molar-refractivity contribution in [2.75, 3.05) is 26.7 Å². The molecule has 0 spiro atoms. The average molecular weight is 433 g/mol. The molecule has 1 heterocycles. The second-order valence-electron chi connectivity index (χ2n) is 10.3. The molecule has 0 amide bonds. The van der Waals surface area contributed by atoms with Crippen LogP contribution in [0.1, 0.15) is 69.2 Å². The first-order chi connectivity index (χ1) is 15.1. The largest absolute Gasteiger partial charge is 0.313 e. The normalized spacial score (nSPS) is 18.7. The molecule has 4 nitrogen and oxygen atoms in total. The van der Waals surface area contributed by atoms with Crippen LogP contribution in [0.3, 0.4) is 0 Å². The van der Waals surface area contributed by atoms with Crippen LogP contribution in [-0.2, 0) is 6.42 Å². The summed E-state index contributed by atoms with van der Waals surface area (Å²) in [6, 6.07) is 4.48. The van der Waals surface area contributed by atoms with Gasteiger partial charge in [-0.15, -0.1) is 0 Å². The molecule has 0 aromatic heterocycles. The fraction of sp³-hybridized carbons (Fsp3) is 0.536. The van der Waals surface area contributed by atoms with Crippen LogP contribution in [0.2, 0.25) is 0 Å². The Balaban J connectivity index is 1.77. The minimum absolute atomic E-state index is 0.377. The van der Waals surface area contributed by atoms with Crippen LogP contribution in [0.15, 0.2) is 50.4 Å². The average Bonchev–Trinajstić information content (AvgIpc) is 3.18. The molecule has 0 bridgehead atoms. The molecule has 0 radical (unpaired) electrons. The molecule has 1 aromatic rings. The van der Waals surface area contributed by atoms with Gasteiger partial charge >= 0.3 is 0 Å². The Hall–Kier alpha value is -2.33. The number of rotatable bonds is 8. The molecule has 4 heteroatoms. The molecule has 1 aliphatic heterocycles. The first kappa shape index (κ1) is 24.3. The molecule has 32 heavy (non-hydrogen) atoms. The van der Waals surface area contributed by atoms with E-state index >= 15 is 0 Å². The summed E-state index contributed by atoms with van der Waals surface area (Å²) in [7, 11) is 1.89. The number of hydrogen-bond acceptors (Lipinski definition) is 4. The van der Waals surface area contributed by atoms with E-state index in [1.807, 2.05) is 7.05 Å². The van der Waals surface area contributed by atoms with Crippen molar-refractivity contribution in [1.82, 2.24) is 5.32 Å². The maximum Gasteiger partial charge on any atom is 0.155 e. The van der Waals surface area contributed by atoms with E-state index in [9.17, 15) is 0 Å². The first-order valence-electron chi connectivity index (χ1n) is 11.8. The number of amidine groups is 1. The summed E-state index contributed by atoms with van der Waals surface area (Å²) in [6.45, 7) is 19.8. The fourth-order valence-corrected chi connectivity index (χ4v) is 5.01. The molecular formula is C28H40N4. The van der Waals surface area contributed by atoms with E-state index in [-0.39, 0.29) is 0 Å². The van der Waals surface area contributed by atoms with E-state index in [1.165, 1.54) is 39.8 Å². The summed E-state index contributed by atoms with van der Waals surface area (Å²) in [4.78, 5) is 14.4. The minimum Gasteiger partial charge on any atom is -0.313 e. The summed E-state index contributed by atoms with van der Waals surface area (Å²) in [5, 5.41) is 3.46. The highest BCUT2D eigenvalue weighted by molar-refractivity contribution is 6.51. The van der Waals surface area contributed by atoms with Gasteiger partial charge in [-0.05, 0) is 99.7 Å². The second kappa shape index (κ2) is 10.1. The molecule has 0 saturated carbocycles. The van der Waals surface area contributed by atoms with Gasteiger partial charge in [0.15, 0.2) is 5.84 Å². The van der Waals surface area contributed by atoms with E-state index in [4.69, 9.17) is 9.98 Å². The number of nitrogens with one attached hydrogen (secondary N) is 1. The van der Waals surface area contributed by atoms with Crippen LogP contribution in [0, 0.1) is 19.3 Å². The van der Waals surface area contributed by atoms with E-state index in [2.05, 4.69) is 70.6 Å². The highest BCUT2D eigenvalue weighted by Gasteiger charge is 2.29. The Morgan fingerprint density at radius 1 is 1.19 bits per heavy atom. The van der Waals surface area contributed by atoms with Crippen LogP contribution < -0.4 is 5.32 Å². The number of benzene rings is 1. The van der Waals surface area contributed by atoms with Crippen molar-refractivity contribution in [2.24, 2.45) is 20.4 Å². The number of allylic oxidation sites excluding steroid dienone is 2. The molecule has 1 aliphatic carbocycles. The maximum absolute atomic E-state index is 4.96. The van der Waals surface area contributed by atoms with Crippen LogP contribution >= 0.6 is 0 Å². The Kier molecular flexibility index (Phi) is 7.66. The van der Waals surface area contributed by atoms with E-state index < -0.39 is 0 Å². The van der Waals surface area contributed by atoms with Gasteiger partial charge in [-0.1, -0.05) is 31.6 Å². The van der Waals surface area contributed by atoms with Crippen molar-refractivity contribution in [3.05, 3.63) is 57.7 Å². The number of nitrogens with zero attached hydrogens (tertiary/aromatic N) is 3. The van der Waals surface area contributed by atoms with Crippen molar-refractivity contribution < 1.29 is 0 Å². The van der Waals surface area contributed by atoms with Gasteiger partial charge in [0.2, 0.25) is 0 Å². The lowest BCUT2D eigenvalue weighted by molar-refractivity contribution is 0.317. The van der Waals surface area contributed by atoms with Gasteiger partial charge in [0, 0.05) is 19.2 Å². The molecule has 172 valence electrons. The monoisotopic (exact) mass is 432 g/mol. The molecule has 0 fully saturated rings. The molecule has 0 saturated heterocycles. The lowest BCUT2D eigenvalue weighted by atomic mass is 9.73. The lowest BCUT2D eigenvalue weighted by Gasteiger charge is -2.32. The molecule has 2 aliphatic rings. The van der Waals surface area contributed by atoms with E-state index in [0.29, 0.717) is 12.0 Å². The van der Waals surface area contributed by atoms with Crippen LogP contribution in [0.5, 0.6) is 0 Å². The Morgan fingerprint density at radius 2 is 1.88 bits per heavy atom. The van der Waals surface area contributed by atoms with Crippen LogP contribution in [-0.4, -0.2) is 43.9 Å². The number of hydrogen-bond donors (Lipinski definition) is 1. The Bertz CT molecular complexity index is 995. The van der Waals surface area contributed by atoms with Gasteiger partial charge in [0.25, 0.3) is 0 Å². The standard InChI is InChI=1S/C28H40N4/c1-18(2)16-30-12-10-23-19(3)13-22(14-20(23)4)27-31-17-25(32-27)26(29-8)24-9-11-28(6,7)15-21(24)5/h13-14,30H,1,9-12,15-17H2,2-8H3. The zero-order chi connectivity index (χ0) is 23.5. The van der Waals surface area contributed by atoms with Gasteiger partial charge < -0.3 is 5.32 Å². The third-order valence-electron chi connectivity index (χ3n) is 6.65. The molecule has 1 aromatic carbocycles. The first-order valence-corrected chi connectivity index (χ1v) is 11.8. The smallest absolute Gasteiger partial charge is 0.155 e. The number of aliphatic imine (C=N–C) groups is 3. The van der Waals surface area contributed by atoms with Gasteiger partial charge in [-0.2, -0.15) is 0 Å². The van der Waals surface area contributed by atoms with Crippen molar-refractivity contribution in [2.45, 2.75) is 67.2 Å². The summed E-state index contributed by atoms with van der Waals surface area (Å²) >= 11 is 0. The number of aryl methyl sites for hydroxylation is 2. The second-order valence-corrected chi connectivity index (χ2v) is 10.3. The predicted octanol–water partition coefficient (Wildman–Crippen LogP) is 5.81. The molecular weight excluding hydrogens is 392 g/mol. The summed E-state index contributed by atoms with van der Waals surface area (Å²) < 4.78 is 0. The predicted molar refractivity (Wildman–Crippen MR) is 140 cm³/mol. The molecule has 1 N–H and O–H groups in total. The quantitative estimate of drug-likeness (QED) is 0.314. The summed E-state index contributed by atoms with van der Waals surface area (Å²) in [6.07, 6.45) is 4.42. The fourth-order valence-electron chi connectivity index (χ4n) is 5.01. The van der Waals surface area contributed by atoms with Crippen molar-refractivity contribution >= 4 is 17.3 Å². The molecule has 3 rings (SSSR count). The Labute approximate surface area is 194 Å². The van der Waals surface area contributed by atoms with Gasteiger partial charge in [0.1, 0.15) is 0 Å². The summed E-state index contributed by atoms with van der Waals surface area (Å²) in [5.74, 6) is 0.841. The lowest BCUT2D eigenvalue weighted by Crippen LogP contribution is -2.25. The molecule has 0 atom stereocenters. The maximum atomic E-state index is 4.96. The molecule has 0 unspecified atom stereocenters. The third-order valence-corrected chi connectivity index (χ3v) is 6.65. The zero-order valence-corrected chi connectivity index (χ0v) is 21.2. The summed E-state index contributed by atoms with van der Waals surface area (Å²) in [5.41, 5.74) is 11.6. The SMILES string of the molecule is C=C(C)CNCCc1c(C)cc(C2=NCC(C(=NC)C3=C(C)CC(C)(C)CC3)=N2)cc1C. The van der Waals surface area contributed by atoms with E-state index in [1.54, 1.807) is 0 Å². The highest BCUT2D eigenvalue weighted by Crippen LogP contribution is 2.39. The van der Waals surface area contributed by atoms with Crippen LogP contribution in [0.4, 0.5) is 0 Å². The highest BCUT2D eigenvalue weighted by atomic mass is 15.0. The van der Waals surface area contributed by atoms with Gasteiger partial charge in [-0.25, -0.2) is 4.99 Å². The Morgan fingerprint density at radius 3 is 2.47 bits per heavy atom.